The first-order chi connectivity index (χ1) is 12.1. The maximum atomic E-state index is 11.9. The molecule has 2 heterocycles. The number of benzene rings is 2. The van der Waals surface area contributed by atoms with Gasteiger partial charge in [-0.05, 0) is 61.8 Å². The van der Waals surface area contributed by atoms with Crippen LogP contribution in [0.2, 0.25) is 0 Å². The first-order valence-electron chi connectivity index (χ1n) is 9.05. The van der Waals surface area contributed by atoms with Crippen molar-refractivity contribution in [1.82, 2.24) is 10.2 Å². The molecule has 1 amide bonds. The summed E-state index contributed by atoms with van der Waals surface area (Å²) in [6.07, 6.45) is 2.43. The molecule has 130 valence electrons. The zero-order chi connectivity index (χ0) is 17.4. The second kappa shape index (κ2) is 6.52. The van der Waals surface area contributed by atoms with Crippen molar-refractivity contribution in [3.05, 3.63) is 53.6 Å². The van der Waals surface area contributed by atoms with E-state index < -0.39 is 0 Å². The molecule has 2 aliphatic rings. The molecule has 0 bridgehead atoms. The lowest BCUT2D eigenvalue weighted by molar-refractivity contribution is 0.0966. The maximum absolute atomic E-state index is 11.9. The maximum Gasteiger partial charge on any atom is 0.251 e. The Labute approximate surface area is 149 Å². The van der Waals surface area contributed by atoms with Crippen LogP contribution in [-0.2, 0) is 6.54 Å². The second-order valence-electron chi connectivity index (χ2n) is 7.28. The predicted molar refractivity (Wildman–Crippen MR) is 102 cm³/mol. The summed E-state index contributed by atoms with van der Waals surface area (Å²) < 4.78 is 0. The zero-order valence-corrected chi connectivity index (χ0v) is 15.0. The highest BCUT2D eigenvalue weighted by Crippen LogP contribution is 2.28. The SMILES string of the molecule is CN(C)C1CCN(c2ccc(-c3ccc4c(c3)C(=O)NC4)cc2)CC1. The average Bonchev–Trinajstić information content (AvgIpc) is 3.02. The number of piperidine rings is 1. The Morgan fingerprint density at radius 1 is 1.00 bits per heavy atom. The van der Waals surface area contributed by atoms with Crippen LogP contribution in [0.15, 0.2) is 42.5 Å². The number of hydrogen-bond acceptors (Lipinski definition) is 3. The summed E-state index contributed by atoms with van der Waals surface area (Å²) in [6.45, 7) is 2.87. The molecule has 4 heteroatoms. The predicted octanol–water partition coefficient (Wildman–Crippen LogP) is 3.13. The summed E-state index contributed by atoms with van der Waals surface area (Å²) in [7, 11) is 4.35. The van der Waals surface area contributed by atoms with Crippen molar-refractivity contribution in [3.63, 3.8) is 0 Å². The highest BCUT2D eigenvalue weighted by Gasteiger charge is 2.21. The van der Waals surface area contributed by atoms with Gasteiger partial charge in [0.2, 0.25) is 0 Å². The van der Waals surface area contributed by atoms with Crippen LogP contribution >= 0.6 is 0 Å². The molecule has 2 aromatic rings. The topological polar surface area (TPSA) is 35.6 Å². The minimum atomic E-state index is 0.0391. The summed E-state index contributed by atoms with van der Waals surface area (Å²) in [5.74, 6) is 0.0391. The molecule has 1 fully saturated rings. The Morgan fingerprint density at radius 2 is 1.68 bits per heavy atom. The van der Waals surface area contributed by atoms with Gasteiger partial charge in [0.15, 0.2) is 0 Å². The Kier molecular flexibility index (Phi) is 4.22. The van der Waals surface area contributed by atoms with E-state index in [1.807, 2.05) is 6.07 Å². The molecule has 0 unspecified atom stereocenters. The molecule has 4 rings (SSSR count). The van der Waals surface area contributed by atoms with Gasteiger partial charge in [0.1, 0.15) is 0 Å². The zero-order valence-electron chi connectivity index (χ0n) is 15.0. The fourth-order valence-electron chi connectivity index (χ4n) is 3.90. The van der Waals surface area contributed by atoms with Crippen LogP contribution in [0, 0.1) is 0 Å². The number of fused-ring (bicyclic) bond motifs is 1. The standard InChI is InChI=1S/C21H25N3O/c1-23(2)18-9-11-24(12-10-18)19-7-5-15(6-8-19)16-3-4-17-14-22-21(25)20(17)13-16/h3-8,13,18H,9-12,14H2,1-2H3,(H,22,25). The van der Waals surface area contributed by atoms with Crippen molar-refractivity contribution in [3.8, 4) is 11.1 Å². The van der Waals surface area contributed by atoms with Gasteiger partial charge in [-0.25, -0.2) is 0 Å². The van der Waals surface area contributed by atoms with Gasteiger partial charge >= 0.3 is 0 Å². The minimum Gasteiger partial charge on any atom is -0.371 e. The van der Waals surface area contributed by atoms with Crippen LogP contribution in [0.3, 0.4) is 0 Å². The van der Waals surface area contributed by atoms with Gasteiger partial charge in [0.25, 0.3) is 5.91 Å². The van der Waals surface area contributed by atoms with E-state index in [-0.39, 0.29) is 5.91 Å². The summed E-state index contributed by atoms with van der Waals surface area (Å²) >= 11 is 0. The fourth-order valence-corrected chi connectivity index (χ4v) is 3.90. The molecular weight excluding hydrogens is 310 g/mol. The highest BCUT2D eigenvalue weighted by molar-refractivity contribution is 5.99. The van der Waals surface area contributed by atoms with E-state index in [1.54, 1.807) is 0 Å². The largest absolute Gasteiger partial charge is 0.371 e. The molecule has 4 nitrogen and oxygen atoms in total. The van der Waals surface area contributed by atoms with E-state index in [9.17, 15) is 4.79 Å². The Hall–Kier alpha value is -2.33. The first-order valence-corrected chi connectivity index (χ1v) is 9.05. The van der Waals surface area contributed by atoms with Gasteiger partial charge in [0.05, 0.1) is 0 Å². The van der Waals surface area contributed by atoms with E-state index in [2.05, 4.69) is 65.6 Å². The van der Waals surface area contributed by atoms with Crippen LogP contribution in [-0.4, -0.2) is 44.0 Å². The van der Waals surface area contributed by atoms with Gasteiger partial charge in [0, 0.05) is 36.9 Å². The summed E-state index contributed by atoms with van der Waals surface area (Å²) in [5.41, 5.74) is 5.46. The monoisotopic (exact) mass is 335 g/mol. The highest BCUT2D eigenvalue weighted by atomic mass is 16.1. The van der Waals surface area contributed by atoms with E-state index in [0.717, 1.165) is 35.3 Å². The quantitative estimate of drug-likeness (QED) is 0.936. The van der Waals surface area contributed by atoms with Crippen molar-refractivity contribution in [2.24, 2.45) is 0 Å². The number of hydrogen-bond donors (Lipinski definition) is 1. The molecule has 0 saturated carbocycles. The molecule has 1 N–H and O–H groups in total. The smallest absolute Gasteiger partial charge is 0.251 e. The van der Waals surface area contributed by atoms with Crippen molar-refractivity contribution >= 4 is 11.6 Å². The van der Waals surface area contributed by atoms with Gasteiger partial charge < -0.3 is 15.1 Å². The van der Waals surface area contributed by atoms with Crippen LogP contribution < -0.4 is 10.2 Å². The number of amides is 1. The first kappa shape index (κ1) is 16.2. The number of anilines is 1. The van der Waals surface area contributed by atoms with Gasteiger partial charge in [-0.2, -0.15) is 0 Å². The lowest BCUT2D eigenvalue weighted by Gasteiger charge is -2.36. The molecule has 25 heavy (non-hydrogen) atoms. The van der Waals surface area contributed by atoms with Crippen molar-refractivity contribution < 1.29 is 4.79 Å². The number of carbonyl (C=O) groups excluding carboxylic acids is 1. The summed E-state index contributed by atoms with van der Waals surface area (Å²) in [4.78, 5) is 16.7. The van der Waals surface area contributed by atoms with Crippen molar-refractivity contribution in [2.45, 2.75) is 25.4 Å². The summed E-state index contributed by atoms with van der Waals surface area (Å²) in [5, 5.41) is 2.88. The molecule has 0 spiro atoms. The molecule has 0 aliphatic carbocycles. The van der Waals surface area contributed by atoms with Crippen LogP contribution in [0.25, 0.3) is 11.1 Å². The lowest BCUT2D eigenvalue weighted by Crippen LogP contribution is -2.41. The second-order valence-corrected chi connectivity index (χ2v) is 7.28. The average molecular weight is 335 g/mol. The molecular formula is C21H25N3O. The molecule has 2 aromatic carbocycles. The van der Waals surface area contributed by atoms with Gasteiger partial charge in [-0.15, -0.1) is 0 Å². The van der Waals surface area contributed by atoms with E-state index in [0.29, 0.717) is 12.6 Å². The van der Waals surface area contributed by atoms with E-state index in [1.165, 1.54) is 18.5 Å². The summed E-state index contributed by atoms with van der Waals surface area (Å²) in [6, 6.07) is 15.6. The Bertz CT molecular complexity index is 774. The Balaban J connectivity index is 1.50. The van der Waals surface area contributed by atoms with Crippen LogP contribution in [0.1, 0.15) is 28.8 Å². The molecule has 1 saturated heterocycles. The molecule has 0 radical (unpaired) electrons. The fraction of sp³-hybridized carbons (Fsp3) is 0.381. The number of nitrogens with zero attached hydrogens (tertiary/aromatic N) is 2. The van der Waals surface area contributed by atoms with Crippen LogP contribution in [0.4, 0.5) is 5.69 Å². The molecule has 2 aliphatic heterocycles. The number of nitrogens with one attached hydrogen (secondary N) is 1. The third-order valence-corrected chi connectivity index (χ3v) is 5.55. The minimum absolute atomic E-state index is 0.0391. The van der Waals surface area contributed by atoms with Crippen molar-refractivity contribution in [2.75, 3.05) is 32.1 Å². The normalized spacial score (nSPS) is 17.7. The van der Waals surface area contributed by atoms with Gasteiger partial charge in [-0.1, -0.05) is 24.3 Å². The van der Waals surface area contributed by atoms with E-state index >= 15 is 0 Å². The third-order valence-electron chi connectivity index (χ3n) is 5.55. The van der Waals surface area contributed by atoms with Gasteiger partial charge in [-0.3, -0.25) is 4.79 Å². The lowest BCUT2D eigenvalue weighted by atomic mass is 9.99. The Morgan fingerprint density at radius 3 is 2.36 bits per heavy atom. The third kappa shape index (κ3) is 3.14. The molecule has 0 atom stereocenters. The number of carbonyl (C=O) groups is 1. The van der Waals surface area contributed by atoms with Crippen molar-refractivity contribution in [1.29, 1.82) is 0 Å². The van der Waals surface area contributed by atoms with Crippen LogP contribution in [0.5, 0.6) is 0 Å². The molecule has 0 aromatic heterocycles. The van der Waals surface area contributed by atoms with E-state index in [4.69, 9.17) is 0 Å². The number of rotatable bonds is 3.